The molecule has 0 aromatic carbocycles. The van der Waals surface area contributed by atoms with Gasteiger partial charge in [0, 0.05) is 6.54 Å². The van der Waals surface area contributed by atoms with E-state index in [1.165, 1.54) is 0 Å². The van der Waals surface area contributed by atoms with Crippen molar-refractivity contribution in [3.05, 3.63) is 0 Å². The average molecular weight is 470 g/mol. The maximum atomic E-state index is 13.4. The first-order chi connectivity index (χ1) is 15.4. The molecule has 0 aromatic rings. The highest BCUT2D eigenvalue weighted by atomic mass is 16.6. The van der Waals surface area contributed by atoms with Crippen LogP contribution in [0.2, 0.25) is 0 Å². The molecule has 0 unspecified atom stereocenters. The molecule has 0 aromatic heterocycles. The fraction of sp³-hybridized carbons (Fsp3) is 0.833. The fourth-order valence-corrected chi connectivity index (χ4v) is 4.12. The lowest BCUT2D eigenvalue weighted by molar-refractivity contribution is -0.149. The van der Waals surface area contributed by atoms with Crippen LogP contribution in [0.4, 0.5) is 4.79 Å². The first-order valence-corrected chi connectivity index (χ1v) is 12.1. The van der Waals surface area contributed by atoms with Crippen LogP contribution < -0.4 is 10.6 Å². The normalized spacial score (nSPS) is 20.2. The molecule has 3 amide bonds. The number of nitrogens with one attached hydrogen (secondary N) is 2. The van der Waals surface area contributed by atoms with E-state index in [0.717, 1.165) is 0 Å². The van der Waals surface area contributed by atoms with Crippen LogP contribution in [0.5, 0.6) is 0 Å². The van der Waals surface area contributed by atoms with Crippen molar-refractivity contribution in [2.24, 2.45) is 11.8 Å². The van der Waals surface area contributed by atoms with E-state index in [2.05, 4.69) is 10.6 Å². The summed E-state index contributed by atoms with van der Waals surface area (Å²) in [6.07, 6.45) is 1.50. The monoisotopic (exact) mass is 469 g/mol. The standard InChI is InChI=1S/C24H43N3O6/c1-9-12-18(22(30)32-11-3)25-20(28)19-16(15(4)5)13-14-27(19)21(29)17(10-2)26-23(31)33-24(6,7)8/h15-19H,9-14H2,1-8H3,(H,25,28)(H,26,31)/t16-,17+,18+,19+/m1/s1. The molecule has 1 fully saturated rings. The second kappa shape index (κ2) is 12.8. The summed E-state index contributed by atoms with van der Waals surface area (Å²) in [5, 5.41) is 5.46. The molecule has 1 heterocycles. The van der Waals surface area contributed by atoms with Crippen LogP contribution in [0.25, 0.3) is 0 Å². The van der Waals surface area contributed by atoms with Gasteiger partial charge in [-0.05, 0) is 58.8 Å². The molecular formula is C24H43N3O6. The Bertz CT molecular complexity index is 688. The largest absolute Gasteiger partial charge is 0.464 e. The van der Waals surface area contributed by atoms with Gasteiger partial charge in [0.25, 0.3) is 0 Å². The summed E-state index contributed by atoms with van der Waals surface area (Å²) in [6, 6.07) is -2.28. The van der Waals surface area contributed by atoms with Gasteiger partial charge in [-0.2, -0.15) is 0 Å². The van der Waals surface area contributed by atoms with E-state index >= 15 is 0 Å². The van der Waals surface area contributed by atoms with Gasteiger partial charge in [0.15, 0.2) is 0 Å². The number of alkyl carbamates (subject to hydrolysis) is 1. The number of carbonyl (C=O) groups is 4. The molecule has 1 rings (SSSR count). The molecule has 190 valence electrons. The van der Waals surface area contributed by atoms with Gasteiger partial charge in [0.05, 0.1) is 6.61 Å². The molecule has 9 nitrogen and oxygen atoms in total. The maximum Gasteiger partial charge on any atom is 0.408 e. The maximum absolute atomic E-state index is 13.4. The highest BCUT2D eigenvalue weighted by Crippen LogP contribution is 2.31. The third-order valence-electron chi connectivity index (χ3n) is 5.71. The Hall–Kier alpha value is -2.32. The van der Waals surface area contributed by atoms with Crippen molar-refractivity contribution in [1.29, 1.82) is 0 Å². The summed E-state index contributed by atoms with van der Waals surface area (Å²) < 4.78 is 10.4. The number of esters is 1. The molecule has 1 aliphatic heterocycles. The van der Waals surface area contributed by atoms with Gasteiger partial charge in [-0.15, -0.1) is 0 Å². The van der Waals surface area contributed by atoms with Gasteiger partial charge in [-0.25, -0.2) is 9.59 Å². The average Bonchev–Trinajstić information content (AvgIpc) is 3.15. The van der Waals surface area contributed by atoms with Gasteiger partial charge >= 0.3 is 12.1 Å². The summed E-state index contributed by atoms with van der Waals surface area (Å²) in [4.78, 5) is 52.9. The second-order valence-corrected chi connectivity index (χ2v) is 9.88. The van der Waals surface area contributed by atoms with Crippen LogP contribution >= 0.6 is 0 Å². The number of likely N-dealkylation sites (tertiary alicyclic amines) is 1. The molecule has 0 radical (unpaired) electrons. The van der Waals surface area contributed by atoms with Gasteiger partial charge < -0.3 is 25.0 Å². The van der Waals surface area contributed by atoms with Crippen LogP contribution in [-0.2, 0) is 23.9 Å². The molecule has 1 aliphatic rings. The third kappa shape index (κ3) is 8.51. The first-order valence-electron chi connectivity index (χ1n) is 12.1. The van der Waals surface area contributed by atoms with Crippen LogP contribution in [0.3, 0.4) is 0 Å². The van der Waals surface area contributed by atoms with E-state index in [1.807, 2.05) is 20.8 Å². The third-order valence-corrected chi connectivity index (χ3v) is 5.71. The van der Waals surface area contributed by atoms with Crippen LogP contribution in [0.15, 0.2) is 0 Å². The predicted molar refractivity (Wildman–Crippen MR) is 125 cm³/mol. The first kappa shape index (κ1) is 28.7. The quantitative estimate of drug-likeness (QED) is 0.476. The Morgan fingerprint density at radius 1 is 1.03 bits per heavy atom. The van der Waals surface area contributed by atoms with Gasteiger partial charge in [0.1, 0.15) is 23.7 Å². The molecule has 0 aliphatic carbocycles. The van der Waals surface area contributed by atoms with Crippen molar-refractivity contribution < 1.29 is 28.7 Å². The number of hydrogen-bond donors (Lipinski definition) is 2. The van der Waals surface area contributed by atoms with Gasteiger partial charge in [0.2, 0.25) is 11.8 Å². The van der Waals surface area contributed by atoms with Crippen LogP contribution in [0, 0.1) is 11.8 Å². The second-order valence-electron chi connectivity index (χ2n) is 9.88. The molecule has 0 bridgehead atoms. The van der Waals surface area contributed by atoms with Crippen LogP contribution in [0.1, 0.15) is 81.1 Å². The van der Waals surface area contributed by atoms with Crippen molar-refractivity contribution >= 4 is 23.9 Å². The smallest absolute Gasteiger partial charge is 0.408 e. The number of hydrogen-bond acceptors (Lipinski definition) is 6. The zero-order valence-electron chi connectivity index (χ0n) is 21.5. The number of amides is 3. The summed E-state index contributed by atoms with van der Waals surface area (Å²) in [6.45, 7) is 15.4. The lowest BCUT2D eigenvalue weighted by Crippen LogP contribution is -2.57. The Morgan fingerprint density at radius 3 is 2.15 bits per heavy atom. The van der Waals surface area contributed by atoms with E-state index < -0.39 is 35.8 Å². The minimum absolute atomic E-state index is 0.0579. The summed E-state index contributed by atoms with van der Waals surface area (Å²) in [5.74, 6) is -1.06. The lowest BCUT2D eigenvalue weighted by atomic mass is 9.88. The van der Waals surface area contributed by atoms with E-state index in [9.17, 15) is 19.2 Å². The summed E-state index contributed by atoms with van der Waals surface area (Å²) >= 11 is 0. The van der Waals surface area contributed by atoms with E-state index in [1.54, 1.807) is 39.5 Å². The summed E-state index contributed by atoms with van der Waals surface area (Å²) in [5.41, 5.74) is -0.689. The van der Waals surface area contributed by atoms with Crippen molar-refractivity contribution in [2.45, 2.75) is 105 Å². The van der Waals surface area contributed by atoms with Crippen molar-refractivity contribution in [2.75, 3.05) is 13.2 Å². The highest BCUT2D eigenvalue weighted by Gasteiger charge is 2.45. The lowest BCUT2D eigenvalue weighted by Gasteiger charge is -2.32. The molecule has 9 heteroatoms. The highest BCUT2D eigenvalue weighted by molar-refractivity contribution is 5.93. The number of carbonyl (C=O) groups excluding carboxylic acids is 4. The Kier molecular flexibility index (Phi) is 11.1. The van der Waals surface area contributed by atoms with Crippen molar-refractivity contribution in [3.8, 4) is 0 Å². The number of ether oxygens (including phenoxy) is 2. The molecule has 2 N–H and O–H groups in total. The minimum Gasteiger partial charge on any atom is -0.464 e. The number of rotatable bonds is 10. The molecule has 4 atom stereocenters. The summed E-state index contributed by atoms with van der Waals surface area (Å²) in [7, 11) is 0. The van der Waals surface area contributed by atoms with Crippen molar-refractivity contribution in [1.82, 2.24) is 15.5 Å². The Balaban J connectivity index is 3.07. The Labute approximate surface area is 198 Å². The van der Waals surface area contributed by atoms with E-state index in [-0.39, 0.29) is 30.3 Å². The minimum atomic E-state index is -0.808. The topological polar surface area (TPSA) is 114 Å². The molecule has 0 spiro atoms. The molecule has 33 heavy (non-hydrogen) atoms. The van der Waals surface area contributed by atoms with Crippen molar-refractivity contribution in [3.63, 3.8) is 0 Å². The zero-order valence-corrected chi connectivity index (χ0v) is 21.5. The zero-order chi connectivity index (χ0) is 25.3. The molecule has 1 saturated heterocycles. The van der Waals surface area contributed by atoms with E-state index in [0.29, 0.717) is 32.2 Å². The SMILES string of the molecule is CCC[C@H](NC(=O)[C@@H]1[C@@H](C(C)C)CCN1C(=O)[C@H](CC)NC(=O)OC(C)(C)C)C(=O)OCC. The van der Waals surface area contributed by atoms with Crippen LogP contribution in [-0.4, -0.2) is 65.7 Å². The number of nitrogens with zero attached hydrogens (tertiary/aromatic N) is 1. The van der Waals surface area contributed by atoms with Gasteiger partial charge in [-0.1, -0.05) is 34.1 Å². The fourth-order valence-electron chi connectivity index (χ4n) is 4.12. The predicted octanol–water partition coefficient (Wildman–Crippen LogP) is 3.01. The van der Waals surface area contributed by atoms with E-state index in [4.69, 9.17) is 9.47 Å². The molecular weight excluding hydrogens is 426 g/mol. The Morgan fingerprint density at radius 2 is 1.67 bits per heavy atom. The molecule has 0 saturated carbocycles. The van der Waals surface area contributed by atoms with Gasteiger partial charge in [-0.3, -0.25) is 9.59 Å².